The second-order valence-corrected chi connectivity index (χ2v) is 10.6. The van der Waals surface area contributed by atoms with Crippen molar-refractivity contribution in [1.29, 1.82) is 0 Å². The number of hydrogen-bond acceptors (Lipinski definition) is 4. The first kappa shape index (κ1) is 29.8. The van der Waals surface area contributed by atoms with Crippen LogP contribution in [0.4, 0.5) is 5.69 Å². The van der Waals surface area contributed by atoms with Gasteiger partial charge in [0.05, 0.1) is 33.5 Å². The minimum atomic E-state index is -0.567. The van der Waals surface area contributed by atoms with Gasteiger partial charge in [0.1, 0.15) is 5.75 Å². The SMILES string of the molecule is CCCCCCCCCCCCOC(=O)c1cc(NC(=O)c2ccc3ccc(C)cc3c2O)c(Cl)cc1Cl. The lowest BCUT2D eigenvalue weighted by atomic mass is 10.0. The second kappa shape index (κ2) is 15.0. The van der Waals surface area contributed by atoms with Gasteiger partial charge in [0, 0.05) is 5.39 Å². The van der Waals surface area contributed by atoms with E-state index in [1.54, 1.807) is 12.1 Å². The molecule has 0 aliphatic rings. The Morgan fingerprint density at radius 3 is 2.13 bits per heavy atom. The van der Waals surface area contributed by atoms with E-state index in [0.717, 1.165) is 30.2 Å². The first-order chi connectivity index (χ1) is 18.3. The van der Waals surface area contributed by atoms with Gasteiger partial charge in [-0.3, -0.25) is 4.79 Å². The molecule has 0 saturated carbocycles. The van der Waals surface area contributed by atoms with Gasteiger partial charge < -0.3 is 15.2 Å². The van der Waals surface area contributed by atoms with E-state index >= 15 is 0 Å². The Morgan fingerprint density at radius 1 is 0.816 bits per heavy atom. The molecule has 0 aliphatic heterocycles. The average molecular weight is 559 g/mol. The Kier molecular flexibility index (Phi) is 11.8. The molecule has 0 bridgehead atoms. The molecule has 3 aromatic rings. The number of aryl methyl sites for hydroxylation is 1. The summed E-state index contributed by atoms with van der Waals surface area (Å²) in [5.41, 5.74) is 1.39. The van der Waals surface area contributed by atoms with Crippen LogP contribution in [0.5, 0.6) is 5.75 Å². The number of fused-ring (bicyclic) bond motifs is 1. The molecule has 0 aliphatic carbocycles. The number of ether oxygens (including phenoxy) is 1. The molecule has 1 amide bonds. The highest BCUT2D eigenvalue weighted by atomic mass is 35.5. The molecule has 7 heteroatoms. The number of nitrogens with one attached hydrogen (secondary N) is 1. The van der Waals surface area contributed by atoms with Crippen molar-refractivity contribution in [2.45, 2.75) is 78.1 Å². The zero-order valence-corrected chi connectivity index (χ0v) is 23.8. The lowest BCUT2D eigenvalue weighted by Crippen LogP contribution is -2.14. The van der Waals surface area contributed by atoms with Crippen LogP contribution in [-0.2, 0) is 4.74 Å². The molecule has 0 radical (unpaired) electrons. The number of hydrogen-bond donors (Lipinski definition) is 2. The summed E-state index contributed by atoms with van der Waals surface area (Å²) in [5, 5.41) is 15.1. The van der Waals surface area contributed by atoms with E-state index in [4.69, 9.17) is 27.9 Å². The summed E-state index contributed by atoms with van der Waals surface area (Å²) in [7, 11) is 0. The van der Waals surface area contributed by atoms with E-state index in [1.165, 1.54) is 57.1 Å². The van der Waals surface area contributed by atoms with E-state index in [1.807, 2.05) is 25.1 Å². The molecular formula is C31H37Cl2NO4. The molecule has 2 N–H and O–H groups in total. The topological polar surface area (TPSA) is 75.6 Å². The molecule has 0 heterocycles. The third kappa shape index (κ3) is 8.37. The summed E-state index contributed by atoms with van der Waals surface area (Å²) in [6.45, 7) is 4.45. The molecule has 3 rings (SSSR count). The van der Waals surface area contributed by atoms with Crippen molar-refractivity contribution in [2.75, 3.05) is 11.9 Å². The lowest BCUT2D eigenvalue weighted by molar-refractivity contribution is 0.0497. The Balaban J connectivity index is 1.54. The van der Waals surface area contributed by atoms with E-state index in [2.05, 4.69) is 12.2 Å². The Labute approximate surface area is 235 Å². The maximum absolute atomic E-state index is 13.0. The van der Waals surface area contributed by atoms with Crippen LogP contribution in [0.3, 0.4) is 0 Å². The number of amides is 1. The number of carbonyl (C=O) groups is 2. The maximum Gasteiger partial charge on any atom is 0.339 e. The normalized spacial score (nSPS) is 11.1. The fourth-order valence-corrected chi connectivity index (χ4v) is 4.93. The fourth-order valence-electron chi connectivity index (χ4n) is 4.42. The Hall–Kier alpha value is -2.76. The third-order valence-electron chi connectivity index (χ3n) is 6.65. The molecule has 0 saturated heterocycles. The summed E-state index contributed by atoms with van der Waals surface area (Å²) < 4.78 is 5.42. The molecule has 5 nitrogen and oxygen atoms in total. The van der Waals surface area contributed by atoms with Gasteiger partial charge in [0.2, 0.25) is 0 Å². The largest absolute Gasteiger partial charge is 0.506 e. The summed E-state index contributed by atoms with van der Waals surface area (Å²) >= 11 is 12.6. The van der Waals surface area contributed by atoms with Gasteiger partial charge in [-0.1, -0.05) is 112 Å². The molecular weight excluding hydrogens is 521 g/mol. The second-order valence-electron chi connectivity index (χ2n) is 9.77. The van der Waals surface area contributed by atoms with Crippen LogP contribution in [0.15, 0.2) is 42.5 Å². The van der Waals surface area contributed by atoms with Crippen molar-refractivity contribution in [3.8, 4) is 5.75 Å². The third-order valence-corrected chi connectivity index (χ3v) is 7.27. The van der Waals surface area contributed by atoms with Gasteiger partial charge in [0.15, 0.2) is 0 Å². The first-order valence-electron chi connectivity index (χ1n) is 13.5. The number of halogens is 2. The van der Waals surface area contributed by atoms with Crippen LogP contribution in [-0.4, -0.2) is 23.6 Å². The summed E-state index contributed by atoms with van der Waals surface area (Å²) in [4.78, 5) is 25.7. The Bertz CT molecular complexity index is 1260. The predicted molar refractivity (Wildman–Crippen MR) is 157 cm³/mol. The van der Waals surface area contributed by atoms with Crippen LogP contribution in [0.1, 0.15) is 97.4 Å². The van der Waals surface area contributed by atoms with Gasteiger partial charge >= 0.3 is 5.97 Å². The molecule has 204 valence electrons. The van der Waals surface area contributed by atoms with Gasteiger partial charge in [-0.15, -0.1) is 0 Å². The molecule has 0 spiro atoms. The number of benzene rings is 3. The van der Waals surface area contributed by atoms with E-state index in [9.17, 15) is 14.7 Å². The zero-order chi connectivity index (χ0) is 27.5. The van der Waals surface area contributed by atoms with Gasteiger partial charge in [0.25, 0.3) is 5.91 Å². The number of aromatic hydroxyl groups is 1. The van der Waals surface area contributed by atoms with Gasteiger partial charge in [-0.25, -0.2) is 4.79 Å². The predicted octanol–water partition coefficient (Wildman–Crippen LogP) is 9.49. The van der Waals surface area contributed by atoms with Crippen molar-refractivity contribution in [1.82, 2.24) is 0 Å². The molecule has 0 atom stereocenters. The fraction of sp³-hybridized carbons (Fsp3) is 0.419. The van der Waals surface area contributed by atoms with Crippen molar-refractivity contribution in [3.63, 3.8) is 0 Å². The van der Waals surface area contributed by atoms with Gasteiger partial charge in [-0.2, -0.15) is 0 Å². The Morgan fingerprint density at radius 2 is 1.45 bits per heavy atom. The van der Waals surface area contributed by atoms with E-state index in [0.29, 0.717) is 12.0 Å². The smallest absolute Gasteiger partial charge is 0.339 e. The van der Waals surface area contributed by atoms with Crippen LogP contribution in [0.25, 0.3) is 10.8 Å². The standard InChI is InChI=1S/C31H37Cl2NO4/c1-3-4-5-6-7-8-9-10-11-12-17-38-31(37)25-19-28(27(33)20-26(25)32)34-30(36)23-16-15-22-14-13-21(2)18-24(22)29(23)35/h13-16,18-20,35H,3-12,17H2,1-2H3,(H,34,36). The lowest BCUT2D eigenvalue weighted by Gasteiger charge is -2.13. The van der Waals surface area contributed by atoms with Crippen molar-refractivity contribution < 1.29 is 19.4 Å². The van der Waals surface area contributed by atoms with Crippen LogP contribution in [0.2, 0.25) is 10.0 Å². The molecule has 0 unspecified atom stereocenters. The molecule has 3 aromatic carbocycles. The van der Waals surface area contributed by atoms with Crippen molar-refractivity contribution >= 4 is 51.5 Å². The van der Waals surface area contributed by atoms with Crippen LogP contribution >= 0.6 is 23.2 Å². The number of rotatable bonds is 14. The molecule has 38 heavy (non-hydrogen) atoms. The quantitative estimate of drug-likeness (QED) is 0.153. The number of carbonyl (C=O) groups excluding carboxylic acids is 2. The van der Waals surface area contributed by atoms with E-state index in [-0.39, 0.29) is 32.6 Å². The van der Waals surface area contributed by atoms with Crippen molar-refractivity contribution in [3.05, 3.63) is 69.2 Å². The first-order valence-corrected chi connectivity index (χ1v) is 14.3. The number of esters is 1. The highest BCUT2D eigenvalue weighted by Crippen LogP contribution is 2.33. The summed E-state index contributed by atoms with van der Waals surface area (Å²) in [6.07, 6.45) is 11.9. The number of anilines is 1. The molecule has 0 fully saturated rings. The molecule has 0 aromatic heterocycles. The zero-order valence-electron chi connectivity index (χ0n) is 22.2. The monoisotopic (exact) mass is 557 g/mol. The maximum atomic E-state index is 13.0. The summed E-state index contributed by atoms with van der Waals surface area (Å²) in [6, 6.07) is 11.8. The van der Waals surface area contributed by atoms with Crippen molar-refractivity contribution in [2.24, 2.45) is 0 Å². The highest BCUT2D eigenvalue weighted by Gasteiger charge is 2.19. The number of unbranched alkanes of at least 4 members (excludes halogenated alkanes) is 9. The average Bonchev–Trinajstić information content (AvgIpc) is 2.89. The summed E-state index contributed by atoms with van der Waals surface area (Å²) in [5.74, 6) is -1.24. The van der Waals surface area contributed by atoms with Gasteiger partial charge in [-0.05, 0) is 43.0 Å². The number of phenols is 1. The highest BCUT2D eigenvalue weighted by molar-refractivity contribution is 6.38. The number of phenolic OH excluding ortho intramolecular Hbond substituents is 1. The minimum absolute atomic E-state index is 0.0965. The van der Waals surface area contributed by atoms with Crippen LogP contribution in [0, 0.1) is 6.92 Å². The van der Waals surface area contributed by atoms with Crippen LogP contribution < -0.4 is 5.32 Å². The van der Waals surface area contributed by atoms with E-state index < -0.39 is 11.9 Å². The minimum Gasteiger partial charge on any atom is -0.506 e.